The van der Waals surface area contributed by atoms with E-state index in [4.69, 9.17) is 4.74 Å². The molecule has 3 aliphatic rings. The average molecular weight is 357 g/mol. The summed E-state index contributed by atoms with van der Waals surface area (Å²) in [4.78, 5) is 17.4. The van der Waals surface area contributed by atoms with E-state index in [-0.39, 0.29) is 17.5 Å². The maximum Gasteiger partial charge on any atom is 0.312 e. The van der Waals surface area contributed by atoms with Crippen molar-refractivity contribution in [3.63, 3.8) is 0 Å². The fourth-order valence-corrected chi connectivity index (χ4v) is 4.95. The van der Waals surface area contributed by atoms with Crippen LogP contribution in [0.2, 0.25) is 0 Å². The number of piperazine rings is 1. The van der Waals surface area contributed by atoms with E-state index >= 15 is 0 Å². The van der Waals surface area contributed by atoms with Gasteiger partial charge in [0.1, 0.15) is 6.10 Å². The van der Waals surface area contributed by atoms with Gasteiger partial charge in [0.25, 0.3) is 0 Å². The maximum absolute atomic E-state index is 12.4. The predicted octanol–water partition coefficient (Wildman–Crippen LogP) is 3.77. The average Bonchev–Trinajstić information content (AvgIpc) is 2.97. The van der Waals surface area contributed by atoms with E-state index < -0.39 is 0 Å². The highest BCUT2D eigenvalue weighted by molar-refractivity contribution is 5.79. The Labute approximate surface area is 157 Å². The van der Waals surface area contributed by atoms with Crippen LogP contribution in [0.4, 0.5) is 5.69 Å². The molecule has 1 saturated carbocycles. The zero-order chi connectivity index (χ0) is 18.0. The molecule has 2 aliphatic heterocycles. The molecular weight excluding hydrogens is 324 g/mol. The highest BCUT2D eigenvalue weighted by Gasteiger charge is 2.48. The van der Waals surface area contributed by atoms with E-state index in [1.54, 1.807) is 0 Å². The lowest BCUT2D eigenvalue weighted by atomic mass is 9.72. The van der Waals surface area contributed by atoms with Crippen LogP contribution < -0.4 is 4.90 Å². The van der Waals surface area contributed by atoms with Crippen molar-refractivity contribution >= 4 is 11.7 Å². The van der Waals surface area contributed by atoms with Crippen LogP contribution in [0.3, 0.4) is 0 Å². The Hall–Kier alpha value is -1.55. The van der Waals surface area contributed by atoms with Crippen molar-refractivity contribution < 1.29 is 9.53 Å². The first-order valence-electron chi connectivity index (χ1n) is 10.4. The Balaban J connectivity index is 1.23. The largest absolute Gasteiger partial charge is 0.462 e. The van der Waals surface area contributed by atoms with E-state index in [1.807, 2.05) is 0 Å². The minimum absolute atomic E-state index is 0.103. The van der Waals surface area contributed by atoms with Crippen molar-refractivity contribution in [2.75, 3.05) is 37.6 Å². The predicted molar refractivity (Wildman–Crippen MR) is 104 cm³/mol. The summed E-state index contributed by atoms with van der Waals surface area (Å²) in [5.74, 6) is 0.103. The van der Waals surface area contributed by atoms with Crippen molar-refractivity contribution in [2.24, 2.45) is 5.41 Å². The van der Waals surface area contributed by atoms with Gasteiger partial charge in [0, 0.05) is 44.8 Å². The number of carbonyl (C=O) groups is 1. The van der Waals surface area contributed by atoms with Crippen LogP contribution >= 0.6 is 0 Å². The quantitative estimate of drug-likeness (QED) is 0.769. The fraction of sp³-hybridized carbons (Fsp3) is 0.682. The second-order valence-electron chi connectivity index (χ2n) is 8.53. The SMILES string of the molecule is Cc1ccc(N2CCN(CC[C@@H]3CC4(CCCCC4)C(=O)O3)CC2)cc1. The van der Waals surface area contributed by atoms with Gasteiger partial charge in [-0.25, -0.2) is 0 Å². The molecule has 4 nitrogen and oxygen atoms in total. The summed E-state index contributed by atoms with van der Waals surface area (Å²) in [6.07, 6.45) is 7.90. The first-order chi connectivity index (χ1) is 12.6. The molecule has 1 spiro atoms. The molecule has 3 fully saturated rings. The number of rotatable bonds is 4. The van der Waals surface area contributed by atoms with Gasteiger partial charge in [0.05, 0.1) is 5.41 Å². The summed E-state index contributed by atoms with van der Waals surface area (Å²) in [5.41, 5.74) is 2.53. The number of cyclic esters (lactones) is 1. The van der Waals surface area contributed by atoms with Crippen LogP contribution in [-0.2, 0) is 9.53 Å². The summed E-state index contributed by atoms with van der Waals surface area (Å²) >= 11 is 0. The van der Waals surface area contributed by atoms with Crippen LogP contribution in [0.5, 0.6) is 0 Å². The summed E-state index contributed by atoms with van der Waals surface area (Å²) in [7, 11) is 0. The van der Waals surface area contributed by atoms with Crippen molar-refractivity contribution in [1.82, 2.24) is 4.90 Å². The number of carbonyl (C=O) groups excluding carboxylic acids is 1. The molecule has 0 bridgehead atoms. The molecule has 2 saturated heterocycles. The monoisotopic (exact) mass is 356 g/mol. The van der Waals surface area contributed by atoms with E-state index in [0.29, 0.717) is 0 Å². The molecule has 0 aromatic heterocycles. The zero-order valence-corrected chi connectivity index (χ0v) is 16.1. The van der Waals surface area contributed by atoms with Gasteiger partial charge in [-0.15, -0.1) is 0 Å². The first-order valence-corrected chi connectivity index (χ1v) is 10.4. The maximum atomic E-state index is 12.4. The molecule has 142 valence electrons. The number of esters is 1. The van der Waals surface area contributed by atoms with Crippen LogP contribution in [-0.4, -0.2) is 49.7 Å². The lowest BCUT2D eigenvalue weighted by Crippen LogP contribution is -2.47. The normalized spacial score (nSPS) is 26.3. The summed E-state index contributed by atoms with van der Waals surface area (Å²) in [6.45, 7) is 7.54. The van der Waals surface area contributed by atoms with Crippen LogP contribution in [0, 0.1) is 12.3 Å². The molecule has 26 heavy (non-hydrogen) atoms. The molecule has 4 rings (SSSR count). The number of hydrogen-bond acceptors (Lipinski definition) is 4. The molecule has 0 unspecified atom stereocenters. The van der Waals surface area contributed by atoms with Gasteiger partial charge in [-0.3, -0.25) is 9.69 Å². The standard InChI is InChI=1S/C22H32N2O2/c1-18-5-7-19(8-6-18)24-15-13-23(14-16-24)12-9-20-17-22(21(25)26-20)10-3-2-4-11-22/h5-8,20H,2-4,9-17H2,1H3/t20-/m1/s1. The minimum atomic E-state index is -0.118. The summed E-state index contributed by atoms with van der Waals surface area (Å²) in [6, 6.07) is 8.84. The molecule has 0 amide bonds. The van der Waals surface area contributed by atoms with Crippen LogP contribution in [0.15, 0.2) is 24.3 Å². The summed E-state index contributed by atoms with van der Waals surface area (Å²) < 4.78 is 5.77. The molecule has 0 radical (unpaired) electrons. The van der Waals surface area contributed by atoms with E-state index in [0.717, 1.165) is 58.4 Å². The number of ether oxygens (including phenoxy) is 1. The number of anilines is 1. The Kier molecular flexibility index (Phi) is 5.21. The Bertz CT molecular complexity index is 614. The van der Waals surface area contributed by atoms with Gasteiger partial charge >= 0.3 is 5.97 Å². The van der Waals surface area contributed by atoms with E-state index in [2.05, 4.69) is 41.0 Å². The van der Waals surface area contributed by atoms with Gasteiger partial charge in [0.2, 0.25) is 0 Å². The number of nitrogens with zero attached hydrogens (tertiary/aromatic N) is 2. The van der Waals surface area contributed by atoms with Crippen molar-refractivity contribution in [1.29, 1.82) is 0 Å². The van der Waals surface area contributed by atoms with Gasteiger partial charge in [-0.1, -0.05) is 37.0 Å². The Morgan fingerprint density at radius 1 is 1.04 bits per heavy atom. The molecule has 1 aromatic rings. The van der Waals surface area contributed by atoms with Crippen LogP contribution in [0.25, 0.3) is 0 Å². The number of aryl methyl sites for hydroxylation is 1. The van der Waals surface area contributed by atoms with Gasteiger partial charge < -0.3 is 9.64 Å². The molecule has 1 aromatic carbocycles. The molecule has 1 atom stereocenters. The molecule has 4 heteroatoms. The lowest BCUT2D eigenvalue weighted by molar-refractivity contribution is -0.150. The zero-order valence-electron chi connectivity index (χ0n) is 16.1. The second-order valence-corrected chi connectivity index (χ2v) is 8.53. The minimum Gasteiger partial charge on any atom is -0.462 e. The lowest BCUT2D eigenvalue weighted by Gasteiger charge is -2.36. The third-order valence-corrected chi connectivity index (χ3v) is 6.67. The van der Waals surface area contributed by atoms with Gasteiger partial charge in [0.15, 0.2) is 0 Å². The highest BCUT2D eigenvalue weighted by atomic mass is 16.6. The fourth-order valence-electron chi connectivity index (χ4n) is 4.95. The second kappa shape index (κ2) is 7.59. The topological polar surface area (TPSA) is 32.8 Å². The molecular formula is C22H32N2O2. The third-order valence-electron chi connectivity index (χ3n) is 6.67. The third kappa shape index (κ3) is 3.75. The van der Waals surface area contributed by atoms with Crippen molar-refractivity contribution in [2.45, 2.75) is 58.0 Å². The smallest absolute Gasteiger partial charge is 0.312 e. The van der Waals surface area contributed by atoms with Gasteiger partial charge in [-0.05, 0) is 38.3 Å². The first kappa shape index (κ1) is 17.8. The Morgan fingerprint density at radius 2 is 1.73 bits per heavy atom. The number of hydrogen-bond donors (Lipinski definition) is 0. The molecule has 2 heterocycles. The van der Waals surface area contributed by atoms with E-state index in [9.17, 15) is 4.79 Å². The van der Waals surface area contributed by atoms with E-state index in [1.165, 1.54) is 30.5 Å². The van der Waals surface area contributed by atoms with Crippen molar-refractivity contribution in [3.05, 3.63) is 29.8 Å². The molecule has 0 N–H and O–H groups in total. The van der Waals surface area contributed by atoms with Crippen LogP contribution in [0.1, 0.15) is 50.5 Å². The molecule has 1 aliphatic carbocycles. The highest BCUT2D eigenvalue weighted by Crippen LogP contribution is 2.46. The van der Waals surface area contributed by atoms with Crippen molar-refractivity contribution in [3.8, 4) is 0 Å². The number of benzene rings is 1. The summed E-state index contributed by atoms with van der Waals surface area (Å²) in [5, 5.41) is 0. The van der Waals surface area contributed by atoms with Gasteiger partial charge in [-0.2, -0.15) is 0 Å². The Morgan fingerprint density at radius 3 is 2.42 bits per heavy atom.